The number of aromatic nitrogens is 3. The van der Waals surface area contributed by atoms with Crippen LogP contribution in [0.5, 0.6) is 0 Å². The van der Waals surface area contributed by atoms with Gasteiger partial charge in [-0.1, -0.05) is 103 Å². The number of benzene rings is 6. The van der Waals surface area contributed by atoms with Gasteiger partial charge in [0, 0.05) is 47.6 Å². The topological polar surface area (TPSA) is 51.8 Å². The summed E-state index contributed by atoms with van der Waals surface area (Å²) in [5.74, 6) is 0.757. The quantitative estimate of drug-likeness (QED) is 0.205. The van der Waals surface area contributed by atoms with Crippen LogP contribution in [0.2, 0.25) is 0 Å². The van der Waals surface area contributed by atoms with Crippen molar-refractivity contribution in [1.82, 2.24) is 15.0 Å². The van der Waals surface area contributed by atoms with E-state index in [1.54, 1.807) is 0 Å². The molecule has 4 nitrogen and oxygen atoms in total. The average Bonchev–Trinajstić information content (AvgIpc) is 3.73. The molecule has 44 heavy (non-hydrogen) atoms. The summed E-state index contributed by atoms with van der Waals surface area (Å²) in [5.41, 5.74) is 4.03. The van der Waals surface area contributed by atoms with Gasteiger partial charge in [0.05, 0.1) is 8.22 Å². The van der Waals surface area contributed by atoms with Crippen LogP contribution in [0, 0.1) is 0 Å². The van der Waals surface area contributed by atoms with Crippen LogP contribution in [0.15, 0.2) is 144 Å². The molecule has 0 N–H and O–H groups in total. The van der Waals surface area contributed by atoms with E-state index in [9.17, 15) is 4.11 Å². The van der Waals surface area contributed by atoms with E-state index in [0.29, 0.717) is 48.5 Å². The SMILES string of the molecule is [2H]c1c([2H])c(-c2ccccc2)c2c(sc3c([2H])c(-c4nc(-c5ccccc5)nc(-c5ccc6oc7ccccc7c6c5)n4)c([2H])c([2H])c32)c1[2H]. The first kappa shape index (κ1) is 19.5. The highest BCUT2D eigenvalue weighted by Crippen LogP contribution is 2.41. The lowest BCUT2D eigenvalue weighted by molar-refractivity contribution is 0.669. The lowest BCUT2D eigenvalue weighted by Crippen LogP contribution is -2.00. The number of hydrogen-bond donors (Lipinski definition) is 0. The molecular formula is C39H23N3OS. The van der Waals surface area contributed by atoms with Crippen LogP contribution in [0.25, 0.3) is 87.4 Å². The van der Waals surface area contributed by atoms with Crippen LogP contribution in [-0.2, 0) is 0 Å². The Morgan fingerprint density at radius 1 is 0.523 bits per heavy atom. The second-order valence-corrected chi connectivity index (χ2v) is 11.4. The molecule has 3 heterocycles. The van der Waals surface area contributed by atoms with Gasteiger partial charge in [-0.15, -0.1) is 11.3 Å². The molecule has 5 heteroatoms. The Bertz CT molecular complexity index is 2840. The first-order chi connectivity index (χ1) is 24.3. The van der Waals surface area contributed by atoms with E-state index in [2.05, 4.69) is 0 Å². The molecule has 206 valence electrons. The van der Waals surface area contributed by atoms with Gasteiger partial charge in [-0.2, -0.15) is 0 Å². The van der Waals surface area contributed by atoms with Gasteiger partial charge in [0.2, 0.25) is 0 Å². The third-order valence-electron chi connectivity index (χ3n) is 7.66. The van der Waals surface area contributed by atoms with Crippen LogP contribution in [0.4, 0.5) is 0 Å². The number of para-hydroxylation sites is 1. The second-order valence-electron chi connectivity index (χ2n) is 10.4. The maximum absolute atomic E-state index is 9.47. The first-order valence-electron chi connectivity index (χ1n) is 17.0. The molecule has 0 fully saturated rings. The summed E-state index contributed by atoms with van der Waals surface area (Å²) in [5, 5.41) is 2.59. The van der Waals surface area contributed by atoms with Crippen molar-refractivity contribution in [3.05, 3.63) is 139 Å². The maximum atomic E-state index is 9.47. The van der Waals surface area contributed by atoms with Gasteiger partial charge in [-0.25, -0.2) is 15.0 Å². The lowest BCUT2D eigenvalue weighted by Gasteiger charge is -2.09. The summed E-state index contributed by atoms with van der Waals surface area (Å²) in [4.78, 5) is 14.5. The van der Waals surface area contributed by atoms with Crippen molar-refractivity contribution < 1.29 is 12.6 Å². The zero-order valence-corrected chi connectivity index (χ0v) is 23.8. The summed E-state index contributed by atoms with van der Waals surface area (Å²) < 4.78 is 61.0. The van der Waals surface area contributed by atoms with Crippen LogP contribution in [0.1, 0.15) is 8.22 Å². The third-order valence-corrected chi connectivity index (χ3v) is 8.68. The molecule has 9 rings (SSSR count). The first-order valence-corrected chi connectivity index (χ1v) is 14.9. The highest BCUT2D eigenvalue weighted by molar-refractivity contribution is 7.26. The molecule has 0 aliphatic carbocycles. The number of rotatable bonds is 4. The molecule has 0 bridgehead atoms. The van der Waals surface area contributed by atoms with Crippen molar-refractivity contribution in [3.63, 3.8) is 0 Å². The van der Waals surface area contributed by atoms with Crippen molar-refractivity contribution in [2.45, 2.75) is 0 Å². The molecule has 0 radical (unpaired) electrons. The van der Waals surface area contributed by atoms with Gasteiger partial charge in [0.1, 0.15) is 11.2 Å². The molecule has 6 aromatic carbocycles. The molecule has 3 aromatic heterocycles. The highest BCUT2D eigenvalue weighted by atomic mass is 32.1. The minimum absolute atomic E-state index is 0.0638. The van der Waals surface area contributed by atoms with Gasteiger partial charge < -0.3 is 4.42 Å². The van der Waals surface area contributed by atoms with E-state index in [1.807, 2.05) is 103 Å². The molecule has 9 aromatic rings. The van der Waals surface area contributed by atoms with E-state index in [1.165, 1.54) is 0 Å². The minimum Gasteiger partial charge on any atom is -0.456 e. The Morgan fingerprint density at radius 2 is 1.20 bits per heavy atom. The van der Waals surface area contributed by atoms with Gasteiger partial charge in [0.15, 0.2) is 17.5 Å². The molecule has 0 aliphatic rings. The highest BCUT2D eigenvalue weighted by Gasteiger charge is 2.16. The van der Waals surface area contributed by atoms with Crippen LogP contribution in [-0.4, -0.2) is 15.0 Å². The normalized spacial score (nSPS) is 13.5. The standard InChI is InChI=1S/C39H23N3OS/c1-3-10-24(11-4-1)28-15-9-17-34-36(28)30-20-18-27(23-35(30)44-34)39-41-37(25-12-5-2-6-13-25)40-38(42-39)26-19-21-33-31(22-26)29-14-7-8-16-32(29)43-33/h1-23H/i9D,15D,17D,18D,20D,23D. The van der Waals surface area contributed by atoms with E-state index in [-0.39, 0.29) is 47.6 Å². The van der Waals surface area contributed by atoms with E-state index in [4.69, 9.17) is 23.5 Å². The fourth-order valence-corrected chi connectivity index (χ4v) is 6.60. The third kappa shape index (κ3) is 4.09. The number of thiophene rings is 1. The maximum Gasteiger partial charge on any atom is 0.164 e. The van der Waals surface area contributed by atoms with Crippen molar-refractivity contribution in [1.29, 1.82) is 0 Å². The van der Waals surface area contributed by atoms with Crippen molar-refractivity contribution in [2.24, 2.45) is 0 Å². The summed E-state index contributed by atoms with van der Waals surface area (Å²) >= 11 is 1.12. The van der Waals surface area contributed by atoms with E-state index in [0.717, 1.165) is 38.8 Å². The molecule has 0 spiro atoms. The Hall–Kier alpha value is -5.65. The predicted molar refractivity (Wildman–Crippen MR) is 182 cm³/mol. The molecule has 0 unspecified atom stereocenters. The number of nitrogens with zero attached hydrogens (tertiary/aromatic N) is 3. The fraction of sp³-hybridized carbons (Fsp3) is 0. The van der Waals surface area contributed by atoms with Crippen molar-refractivity contribution in [2.75, 3.05) is 0 Å². The number of furan rings is 1. The minimum atomic E-state index is -0.248. The second kappa shape index (κ2) is 9.97. The Labute approximate surface area is 265 Å². The van der Waals surface area contributed by atoms with E-state index < -0.39 is 0 Å². The van der Waals surface area contributed by atoms with Gasteiger partial charge in [-0.05, 0) is 47.5 Å². The molecular weight excluding hydrogens is 559 g/mol. The number of fused-ring (bicyclic) bond motifs is 6. The van der Waals surface area contributed by atoms with Crippen molar-refractivity contribution in [3.8, 4) is 45.3 Å². The lowest BCUT2D eigenvalue weighted by atomic mass is 9.99. The molecule has 0 amide bonds. The summed E-state index contributed by atoms with van der Waals surface area (Å²) in [6, 6.07) is 31.0. The van der Waals surface area contributed by atoms with Gasteiger partial charge >= 0.3 is 0 Å². The zero-order chi connectivity index (χ0) is 34.3. The average molecular weight is 588 g/mol. The molecule has 0 saturated carbocycles. The zero-order valence-electron chi connectivity index (χ0n) is 29.0. The molecule has 0 saturated heterocycles. The monoisotopic (exact) mass is 587 g/mol. The smallest absolute Gasteiger partial charge is 0.164 e. The Balaban J connectivity index is 1.33. The van der Waals surface area contributed by atoms with Gasteiger partial charge in [0.25, 0.3) is 0 Å². The van der Waals surface area contributed by atoms with Crippen molar-refractivity contribution >= 4 is 53.4 Å². The number of hydrogen-bond acceptors (Lipinski definition) is 5. The molecule has 0 aliphatic heterocycles. The summed E-state index contributed by atoms with van der Waals surface area (Å²) in [6.45, 7) is 0. The van der Waals surface area contributed by atoms with Gasteiger partial charge in [-0.3, -0.25) is 0 Å². The molecule has 0 atom stereocenters. The van der Waals surface area contributed by atoms with Crippen LogP contribution in [0.3, 0.4) is 0 Å². The summed E-state index contributed by atoms with van der Waals surface area (Å²) in [6.07, 6.45) is 0. The van der Waals surface area contributed by atoms with E-state index >= 15 is 0 Å². The fourth-order valence-electron chi connectivity index (χ4n) is 5.58. The van der Waals surface area contributed by atoms with Crippen LogP contribution >= 0.6 is 11.3 Å². The van der Waals surface area contributed by atoms with Crippen LogP contribution < -0.4 is 0 Å². The Kier molecular flexibility index (Phi) is 4.42. The summed E-state index contributed by atoms with van der Waals surface area (Å²) in [7, 11) is 0. The Morgan fingerprint density at radius 3 is 2.02 bits per heavy atom. The predicted octanol–water partition coefficient (Wildman–Crippen LogP) is 10.8. The largest absolute Gasteiger partial charge is 0.456 e.